The molecule has 0 radical (unpaired) electrons. The molecule has 8 heteroatoms. The molecule has 3 N–H and O–H groups in total. The van der Waals surface area contributed by atoms with Crippen LogP contribution in [-0.2, 0) is 14.3 Å². The number of carbonyl (C=O) groups excluding carboxylic acids is 3. The third-order valence-corrected chi connectivity index (χ3v) is 3.81. The quantitative estimate of drug-likeness (QED) is 0.592. The van der Waals surface area contributed by atoms with Crippen LogP contribution in [0, 0.1) is 13.8 Å². The third kappa shape index (κ3) is 7.63. The number of amides is 3. The fourth-order valence-electron chi connectivity index (χ4n) is 2.62. The van der Waals surface area contributed by atoms with E-state index in [2.05, 4.69) is 16.0 Å². The van der Waals surface area contributed by atoms with Crippen molar-refractivity contribution in [2.75, 3.05) is 37.5 Å². The van der Waals surface area contributed by atoms with Gasteiger partial charge in [0.05, 0.1) is 13.2 Å². The fraction of sp³-hybridized carbons (Fsp3) is 0.286. The van der Waals surface area contributed by atoms with Crippen LogP contribution in [0.5, 0.6) is 0 Å². The van der Waals surface area contributed by atoms with E-state index >= 15 is 0 Å². The largest absolute Gasteiger partial charge is 0.447 e. The van der Waals surface area contributed by atoms with Crippen LogP contribution in [0.15, 0.2) is 42.5 Å². The Balaban J connectivity index is 1.85. The van der Waals surface area contributed by atoms with Crippen molar-refractivity contribution < 1.29 is 23.9 Å². The van der Waals surface area contributed by atoms with Gasteiger partial charge in [0.15, 0.2) is 0 Å². The maximum absolute atomic E-state index is 12.2. The minimum Gasteiger partial charge on any atom is -0.447 e. The normalized spacial score (nSPS) is 10.2. The van der Waals surface area contributed by atoms with E-state index in [0.717, 1.165) is 11.1 Å². The predicted octanol–water partition coefficient (Wildman–Crippen LogP) is 2.87. The highest BCUT2D eigenvalue weighted by Crippen LogP contribution is 2.15. The molecular formula is C21H25N3O5. The SMILES string of the molecule is COCCOC(=O)Nc1cccc(NC(=O)CNC(=O)c2cc(C)cc(C)c2)c1. The van der Waals surface area contributed by atoms with Crippen LogP contribution in [0.2, 0.25) is 0 Å². The van der Waals surface area contributed by atoms with Crippen LogP contribution < -0.4 is 16.0 Å². The molecule has 0 saturated heterocycles. The van der Waals surface area contributed by atoms with Gasteiger partial charge in [-0.2, -0.15) is 0 Å². The van der Waals surface area contributed by atoms with Gasteiger partial charge >= 0.3 is 6.09 Å². The molecule has 2 aromatic carbocycles. The summed E-state index contributed by atoms with van der Waals surface area (Å²) in [4.78, 5) is 36.0. The molecule has 29 heavy (non-hydrogen) atoms. The van der Waals surface area contributed by atoms with E-state index in [0.29, 0.717) is 23.5 Å². The standard InChI is InChI=1S/C21H25N3O5/c1-14-9-15(2)11-16(10-14)20(26)22-13-19(25)23-17-5-4-6-18(12-17)24-21(27)29-8-7-28-3/h4-6,9-12H,7-8,13H2,1-3H3,(H,22,26)(H,23,25)(H,24,27). The minimum atomic E-state index is -0.619. The summed E-state index contributed by atoms with van der Waals surface area (Å²) in [5.41, 5.74) is 3.40. The van der Waals surface area contributed by atoms with Gasteiger partial charge < -0.3 is 20.1 Å². The van der Waals surface area contributed by atoms with Gasteiger partial charge in [-0.25, -0.2) is 4.79 Å². The van der Waals surface area contributed by atoms with Crippen molar-refractivity contribution in [1.82, 2.24) is 5.32 Å². The minimum absolute atomic E-state index is 0.138. The number of hydrogen-bond donors (Lipinski definition) is 3. The Bertz CT molecular complexity index is 862. The zero-order valence-corrected chi connectivity index (χ0v) is 16.7. The van der Waals surface area contributed by atoms with Gasteiger partial charge in [-0.3, -0.25) is 14.9 Å². The van der Waals surface area contributed by atoms with Crippen molar-refractivity contribution >= 4 is 29.3 Å². The number of anilines is 2. The summed E-state index contributed by atoms with van der Waals surface area (Å²) in [6.07, 6.45) is -0.619. The van der Waals surface area contributed by atoms with Gasteiger partial charge in [0, 0.05) is 24.0 Å². The van der Waals surface area contributed by atoms with Crippen molar-refractivity contribution in [1.29, 1.82) is 0 Å². The smallest absolute Gasteiger partial charge is 0.411 e. The van der Waals surface area contributed by atoms with Crippen LogP contribution >= 0.6 is 0 Å². The van der Waals surface area contributed by atoms with E-state index < -0.39 is 6.09 Å². The number of aryl methyl sites for hydroxylation is 2. The Kier molecular flexibility index (Phi) is 8.17. The Morgan fingerprint density at radius 3 is 2.21 bits per heavy atom. The van der Waals surface area contributed by atoms with Gasteiger partial charge in [-0.1, -0.05) is 23.3 Å². The second-order valence-corrected chi connectivity index (χ2v) is 6.44. The fourth-order valence-corrected chi connectivity index (χ4v) is 2.62. The second kappa shape index (κ2) is 10.8. The second-order valence-electron chi connectivity index (χ2n) is 6.44. The Morgan fingerprint density at radius 2 is 1.55 bits per heavy atom. The summed E-state index contributed by atoms with van der Waals surface area (Å²) in [7, 11) is 1.51. The van der Waals surface area contributed by atoms with Gasteiger partial charge in [0.2, 0.25) is 5.91 Å². The molecular weight excluding hydrogens is 374 g/mol. The molecule has 0 aliphatic carbocycles. The average Bonchev–Trinajstić information content (AvgIpc) is 2.66. The van der Waals surface area contributed by atoms with Crippen LogP contribution in [-0.4, -0.2) is 44.8 Å². The van der Waals surface area contributed by atoms with Crippen molar-refractivity contribution in [2.24, 2.45) is 0 Å². The highest BCUT2D eigenvalue weighted by atomic mass is 16.6. The number of methoxy groups -OCH3 is 1. The van der Waals surface area contributed by atoms with Crippen molar-refractivity contribution in [3.63, 3.8) is 0 Å². The number of benzene rings is 2. The number of ether oxygens (including phenoxy) is 2. The summed E-state index contributed by atoms with van der Waals surface area (Å²) in [6, 6.07) is 12.1. The molecule has 0 atom stereocenters. The first-order valence-corrected chi connectivity index (χ1v) is 9.06. The number of carbonyl (C=O) groups is 3. The first-order valence-electron chi connectivity index (χ1n) is 9.06. The highest BCUT2D eigenvalue weighted by Gasteiger charge is 2.10. The molecule has 8 nitrogen and oxygen atoms in total. The van der Waals surface area contributed by atoms with Crippen LogP contribution in [0.1, 0.15) is 21.5 Å². The molecule has 0 aliphatic rings. The lowest BCUT2D eigenvalue weighted by Crippen LogP contribution is -2.32. The third-order valence-electron chi connectivity index (χ3n) is 3.81. The van der Waals surface area contributed by atoms with Crippen LogP contribution in [0.4, 0.5) is 16.2 Å². The van der Waals surface area contributed by atoms with Crippen molar-refractivity contribution in [3.05, 3.63) is 59.2 Å². The molecule has 0 bridgehead atoms. The van der Waals surface area contributed by atoms with E-state index in [9.17, 15) is 14.4 Å². The first-order chi connectivity index (χ1) is 13.9. The average molecular weight is 399 g/mol. The van der Waals surface area contributed by atoms with E-state index in [1.807, 2.05) is 19.9 Å². The highest BCUT2D eigenvalue weighted by molar-refractivity contribution is 5.99. The zero-order valence-electron chi connectivity index (χ0n) is 16.7. The van der Waals surface area contributed by atoms with E-state index in [-0.39, 0.29) is 25.0 Å². The Hall–Kier alpha value is -3.39. The van der Waals surface area contributed by atoms with Gasteiger partial charge in [0.1, 0.15) is 6.61 Å². The summed E-state index contributed by atoms with van der Waals surface area (Å²) < 4.78 is 9.72. The van der Waals surface area contributed by atoms with Crippen molar-refractivity contribution in [2.45, 2.75) is 13.8 Å². The van der Waals surface area contributed by atoms with Crippen LogP contribution in [0.3, 0.4) is 0 Å². The molecule has 2 rings (SSSR count). The number of hydrogen-bond acceptors (Lipinski definition) is 5. The van der Waals surface area contributed by atoms with Gasteiger partial charge in [-0.05, 0) is 44.2 Å². The molecule has 0 heterocycles. The molecule has 3 amide bonds. The van der Waals surface area contributed by atoms with Crippen molar-refractivity contribution in [3.8, 4) is 0 Å². The Labute approximate surface area is 169 Å². The molecule has 154 valence electrons. The lowest BCUT2D eigenvalue weighted by Gasteiger charge is -2.10. The number of nitrogens with one attached hydrogen (secondary N) is 3. The topological polar surface area (TPSA) is 106 Å². The van der Waals surface area contributed by atoms with Gasteiger partial charge in [0.25, 0.3) is 5.91 Å². The molecule has 0 fully saturated rings. The summed E-state index contributed by atoms with van der Waals surface area (Å²) in [5, 5.41) is 7.83. The summed E-state index contributed by atoms with van der Waals surface area (Å²) >= 11 is 0. The van der Waals surface area contributed by atoms with Gasteiger partial charge in [-0.15, -0.1) is 0 Å². The molecule has 0 saturated carbocycles. The maximum atomic E-state index is 12.2. The Morgan fingerprint density at radius 1 is 0.897 bits per heavy atom. The summed E-state index contributed by atoms with van der Waals surface area (Å²) in [6.45, 7) is 4.08. The van der Waals surface area contributed by atoms with E-state index in [1.54, 1.807) is 36.4 Å². The lowest BCUT2D eigenvalue weighted by molar-refractivity contribution is -0.115. The van der Waals surface area contributed by atoms with E-state index in [4.69, 9.17) is 9.47 Å². The maximum Gasteiger partial charge on any atom is 0.411 e. The monoisotopic (exact) mass is 399 g/mol. The number of rotatable bonds is 8. The molecule has 0 aromatic heterocycles. The first kappa shape index (κ1) is 21.9. The molecule has 0 aliphatic heterocycles. The summed E-state index contributed by atoms with van der Waals surface area (Å²) in [5.74, 6) is -0.705. The molecule has 0 unspecified atom stereocenters. The zero-order chi connectivity index (χ0) is 21.2. The van der Waals surface area contributed by atoms with Crippen LogP contribution in [0.25, 0.3) is 0 Å². The molecule has 2 aromatic rings. The lowest BCUT2D eigenvalue weighted by atomic mass is 10.1. The van der Waals surface area contributed by atoms with E-state index in [1.165, 1.54) is 7.11 Å². The molecule has 0 spiro atoms. The predicted molar refractivity (Wildman–Crippen MR) is 110 cm³/mol.